The van der Waals surface area contributed by atoms with Gasteiger partial charge < -0.3 is 4.90 Å². The van der Waals surface area contributed by atoms with E-state index < -0.39 is 8.07 Å². The van der Waals surface area contributed by atoms with Gasteiger partial charge in [-0.2, -0.15) is 0 Å². The third-order valence-corrected chi connectivity index (χ3v) is 15.6. The smallest absolute Gasteiger partial charge is 0.114 e. The summed E-state index contributed by atoms with van der Waals surface area (Å²) in [6.07, 6.45) is 0. The van der Waals surface area contributed by atoms with E-state index in [0.717, 1.165) is 11.4 Å². The van der Waals surface area contributed by atoms with Gasteiger partial charge in [-0.3, -0.25) is 0 Å². The molecule has 0 unspecified atom stereocenters. The van der Waals surface area contributed by atoms with Crippen LogP contribution >= 0.6 is 11.3 Å². The summed E-state index contributed by atoms with van der Waals surface area (Å²) in [4.78, 5) is 2.50. The Bertz CT molecular complexity index is 2780. The molecule has 9 aromatic rings. The molecule has 1 aliphatic heterocycles. The van der Waals surface area contributed by atoms with Gasteiger partial charge in [0.25, 0.3) is 0 Å². The molecule has 1 aromatic heterocycles. The quantitative estimate of drug-likeness (QED) is 0.163. The number of anilines is 3. The fourth-order valence-corrected chi connectivity index (χ4v) is 12.7. The fraction of sp³-hybridized carbons (Fsp3) is 0.0417. The molecule has 2 heterocycles. The Morgan fingerprint density at radius 1 is 0.431 bits per heavy atom. The Balaban J connectivity index is 1.20. The Morgan fingerprint density at radius 2 is 1.10 bits per heavy atom. The maximum atomic E-state index is 2.53. The van der Waals surface area contributed by atoms with Crippen molar-refractivity contribution < 1.29 is 0 Å². The first kappa shape index (κ1) is 30.1. The van der Waals surface area contributed by atoms with Crippen molar-refractivity contribution in [1.29, 1.82) is 0 Å². The van der Waals surface area contributed by atoms with Crippen molar-refractivity contribution >= 4 is 77.8 Å². The molecule has 10 rings (SSSR count). The number of rotatable bonds is 5. The molecule has 3 heteroatoms. The molecule has 0 fully saturated rings. The predicted octanol–water partition coefficient (Wildman–Crippen LogP) is 12.8. The SMILES string of the molecule is C[Si]1(C)c2cccc(N(c3ccc(-c4ccc5ccccc5c4)cc3)c3cccc(-c4ccccc4)c3)c2-c2c1ccc1c2sc2ccccc21. The van der Waals surface area contributed by atoms with E-state index in [-0.39, 0.29) is 0 Å². The van der Waals surface area contributed by atoms with Gasteiger partial charge in [-0.15, -0.1) is 11.3 Å². The highest BCUT2D eigenvalue weighted by Gasteiger charge is 2.41. The predicted molar refractivity (Wildman–Crippen MR) is 225 cm³/mol. The van der Waals surface area contributed by atoms with Crippen molar-refractivity contribution in [2.45, 2.75) is 13.1 Å². The van der Waals surface area contributed by atoms with Gasteiger partial charge in [0.15, 0.2) is 0 Å². The maximum Gasteiger partial charge on any atom is 0.114 e. The van der Waals surface area contributed by atoms with Gasteiger partial charge in [0, 0.05) is 42.7 Å². The monoisotopic (exact) mass is 685 g/mol. The lowest BCUT2D eigenvalue weighted by atomic mass is 9.98. The minimum Gasteiger partial charge on any atom is -0.310 e. The lowest BCUT2D eigenvalue weighted by molar-refractivity contribution is 1.29. The van der Waals surface area contributed by atoms with Gasteiger partial charge in [0.2, 0.25) is 0 Å². The zero-order valence-corrected chi connectivity index (χ0v) is 30.4. The van der Waals surface area contributed by atoms with E-state index in [2.05, 4.69) is 194 Å². The summed E-state index contributed by atoms with van der Waals surface area (Å²) in [6, 6.07) is 65.1. The van der Waals surface area contributed by atoms with Crippen molar-refractivity contribution in [3.63, 3.8) is 0 Å². The second-order valence-electron chi connectivity index (χ2n) is 14.1. The van der Waals surface area contributed by atoms with Gasteiger partial charge in [0.05, 0.1) is 5.69 Å². The van der Waals surface area contributed by atoms with E-state index in [1.165, 1.54) is 80.4 Å². The molecule has 1 aliphatic rings. The average Bonchev–Trinajstić information content (AvgIpc) is 3.68. The van der Waals surface area contributed by atoms with Crippen molar-refractivity contribution in [3.8, 4) is 33.4 Å². The fourth-order valence-electron chi connectivity index (χ4n) is 8.27. The van der Waals surface area contributed by atoms with Crippen LogP contribution in [0.5, 0.6) is 0 Å². The summed E-state index contributed by atoms with van der Waals surface area (Å²) in [6.45, 7) is 5.05. The van der Waals surface area contributed by atoms with E-state index in [4.69, 9.17) is 0 Å². The summed E-state index contributed by atoms with van der Waals surface area (Å²) < 4.78 is 2.76. The molecule has 0 spiro atoms. The first-order valence-electron chi connectivity index (χ1n) is 17.7. The number of hydrogen-bond acceptors (Lipinski definition) is 2. The summed E-state index contributed by atoms with van der Waals surface area (Å²) >= 11 is 1.95. The first-order valence-corrected chi connectivity index (χ1v) is 21.5. The third kappa shape index (κ3) is 4.80. The van der Waals surface area contributed by atoms with Crippen molar-refractivity contribution in [2.24, 2.45) is 0 Å². The molecule has 0 aliphatic carbocycles. The van der Waals surface area contributed by atoms with E-state index in [9.17, 15) is 0 Å². The summed E-state index contributed by atoms with van der Waals surface area (Å²) in [5.41, 5.74) is 11.2. The lowest BCUT2D eigenvalue weighted by Crippen LogP contribution is -2.49. The van der Waals surface area contributed by atoms with Crippen LogP contribution in [0.15, 0.2) is 176 Å². The summed E-state index contributed by atoms with van der Waals surface area (Å²) in [5, 5.41) is 8.28. The second kappa shape index (κ2) is 11.7. The van der Waals surface area contributed by atoms with Crippen LogP contribution in [0.1, 0.15) is 0 Å². The summed E-state index contributed by atoms with van der Waals surface area (Å²) in [5.74, 6) is 0. The Hall–Kier alpha value is -5.74. The normalized spacial score (nSPS) is 13.1. The number of benzene rings is 8. The molecule has 0 atom stereocenters. The van der Waals surface area contributed by atoms with Crippen LogP contribution in [0.25, 0.3) is 64.3 Å². The van der Waals surface area contributed by atoms with Gasteiger partial charge >= 0.3 is 0 Å². The molecule has 1 nitrogen and oxygen atoms in total. The molecule has 8 aromatic carbocycles. The molecular weight excluding hydrogens is 651 g/mol. The number of hydrogen-bond donors (Lipinski definition) is 0. The molecular formula is C48H35NSSi. The number of nitrogens with zero attached hydrogens (tertiary/aromatic N) is 1. The Labute approximate surface area is 303 Å². The van der Waals surface area contributed by atoms with E-state index in [1.807, 2.05) is 11.3 Å². The first-order chi connectivity index (χ1) is 25.0. The highest BCUT2D eigenvalue weighted by molar-refractivity contribution is 7.26. The lowest BCUT2D eigenvalue weighted by Gasteiger charge is -2.29. The zero-order valence-electron chi connectivity index (χ0n) is 28.6. The molecule has 0 amide bonds. The number of thiophene rings is 1. The van der Waals surface area contributed by atoms with Gasteiger partial charge in [0.1, 0.15) is 8.07 Å². The van der Waals surface area contributed by atoms with Crippen molar-refractivity contribution in [3.05, 3.63) is 176 Å². The van der Waals surface area contributed by atoms with Crippen LogP contribution < -0.4 is 15.3 Å². The zero-order chi connectivity index (χ0) is 34.1. The van der Waals surface area contributed by atoms with Crippen LogP contribution in [-0.4, -0.2) is 8.07 Å². The molecule has 0 saturated carbocycles. The van der Waals surface area contributed by atoms with Crippen LogP contribution in [0.2, 0.25) is 13.1 Å². The second-order valence-corrected chi connectivity index (χ2v) is 19.5. The van der Waals surface area contributed by atoms with E-state index in [1.54, 1.807) is 0 Å². The standard InChI is InChI=1S/C48H35NSSi/c1-51(2)44-21-11-19-42(46(44)47-45(51)29-28-41-40-18-8-9-20-43(40)50-48(41)47)49(39-17-10-16-36(31-39)32-12-4-3-5-13-32)38-26-24-34(25-27-38)37-23-22-33-14-6-7-15-35(33)30-37/h3-31H,1-2H3. The van der Waals surface area contributed by atoms with Crippen LogP contribution in [0, 0.1) is 0 Å². The Kier molecular flexibility index (Phi) is 6.89. The van der Waals surface area contributed by atoms with Gasteiger partial charge in [-0.05, 0) is 85.9 Å². The molecule has 0 bridgehead atoms. The molecule has 242 valence electrons. The molecule has 0 saturated heterocycles. The molecule has 0 radical (unpaired) electrons. The third-order valence-electron chi connectivity index (χ3n) is 10.8. The van der Waals surface area contributed by atoms with Gasteiger partial charge in [-0.25, -0.2) is 0 Å². The van der Waals surface area contributed by atoms with Gasteiger partial charge in [-0.1, -0.05) is 147 Å². The van der Waals surface area contributed by atoms with E-state index >= 15 is 0 Å². The minimum atomic E-state index is -1.99. The Morgan fingerprint density at radius 3 is 1.96 bits per heavy atom. The van der Waals surface area contributed by atoms with Crippen LogP contribution in [-0.2, 0) is 0 Å². The maximum absolute atomic E-state index is 2.53. The topological polar surface area (TPSA) is 3.24 Å². The molecule has 0 N–H and O–H groups in total. The van der Waals surface area contributed by atoms with Crippen LogP contribution in [0.3, 0.4) is 0 Å². The number of fused-ring (bicyclic) bond motifs is 8. The summed E-state index contributed by atoms with van der Waals surface area (Å²) in [7, 11) is -1.99. The minimum absolute atomic E-state index is 1.15. The van der Waals surface area contributed by atoms with Crippen molar-refractivity contribution in [1.82, 2.24) is 0 Å². The van der Waals surface area contributed by atoms with Crippen molar-refractivity contribution in [2.75, 3.05) is 4.90 Å². The molecule has 51 heavy (non-hydrogen) atoms. The highest BCUT2D eigenvalue weighted by Crippen LogP contribution is 2.48. The largest absolute Gasteiger partial charge is 0.310 e. The highest BCUT2D eigenvalue weighted by atomic mass is 32.1. The van der Waals surface area contributed by atoms with E-state index in [0.29, 0.717) is 0 Å². The average molecular weight is 686 g/mol. The van der Waals surface area contributed by atoms with Crippen LogP contribution in [0.4, 0.5) is 17.1 Å².